The molecule has 2 heterocycles. The second-order valence-corrected chi connectivity index (χ2v) is 7.29. The van der Waals surface area contributed by atoms with Crippen LogP contribution in [0.4, 0.5) is 0 Å². The van der Waals surface area contributed by atoms with E-state index in [-0.39, 0.29) is 18.6 Å². The van der Waals surface area contributed by atoms with Gasteiger partial charge in [-0.2, -0.15) is 0 Å². The highest BCUT2D eigenvalue weighted by molar-refractivity contribution is 5.78. The van der Waals surface area contributed by atoms with Crippen LogP contribution in [0.2, 0.25) is 0 Å². The van der Waals surface area contributed by atoms with Gasteiger partial charge in [0, 0.05) is 12.2 Å². The third-order valence-electron chi connectivity index (χ3n) is 5.02. The zero-order chi connectivity index (χ0) is 20.3. The Labute approximate surface area is 173 Å². The Morgan fingerprint density at radius 2 is 1.90 bits per heavy atom. The van der Waals surface area contributed by atoms with Gasteiger partial charge in [0.1, 0.15) is 11.5 Å². The Bertz CT molecular complexity index is 729. The minimum Gasteiger partial charge on any atom is -0.494 e. The molecule has 0 spiro atoms. The summed E-state index contributed by atoms with van der Waals surface area (Å²) in [5.74, 6) is 1.48. The summed E-state index contributed by atoms with van der Waals surface area (Å²) in [6, 6.07) is 13.4. The third kappa shape index (κ3) is 6.75. The first-order chi connectivity index (χ1) is 14.3. The average Bonchev–Trinajstić information content (AvgIpc) is 3.05. The number of rotatable bonds is 9. The van der Waals surface area contributed by atoms with Gasteiger partial charge in [0.15, 0.2) is 6.61 Å². The molecule has 2 aromatic rings. The van der Waals surface area contributed by atoms with E-state index in [2.05, 4.69) is 17.2 Å². The summed E-state index contributed by atoms with van der Waals surface area (Å²) < 4.78 is 11.4. The lowest BCUT2D eigenvalue weighted by Crippen LogP contribution is -2.43. The van der Waals surface area contributed by atoms with Crippen LogP contribution in [0.3, 0.4) is 0 Å². The molecule has 156 valence electrons. The van der Waals surface area contributed by atoms with Crippen molar-refractivity contribution in [3.8, 4) is 11.5 Å². The van der Waals surface area contributed by atoms with E-state index in [0.29, 0.717) is 18.9 Å². The molecule has 1 saturated heterocycles. The second kappa shape index (κ2) is 11.4. The van der Waals surface area contributed by atoms with Gasteiger partial charge in [-0.15, -0.1) is 0 Å². The molecule has 1 unspecified atom stereocenters. The number of benzene rings is 1. The molecule has 1 aromatic carbocycles. The van der Waals surface area contributed by atoms with Gasteiger partial charge < -0.3 is 19.7 Å². The lowest BCUT2D eigenvalue weighted by atomic mass is 10.1. The fourth-order valence-electron chi connectivity index (χ4n) is 3.48. The molecule has 1 fully saturated rings. The number of carbonyl (C=O) groups excluding carboxylic acids is 1. The minimum absolute atomic E-state index is 0.00568. The van der Waals surface area contributed by atoms with Gasteiger partial charge >= 0.3 is 0 Å². The van der Waals surface area contributed by atoms with Crippen molar-refractivity contribution in [3.05, 3.63) is 54.4 Å². The quantitative estimate of drug-likeness (QED) is 0.702. The molecule has 1 aliphatic heterocycles. The smallest absolute Gasteiger partial charge is 0.261 e. The van der Waals surface area contributed by atoms with Crippen LogP contribution in [0.5, 0.6) is 11.5 Å². The van der Waals surface area contributed by atoms with E-state index in [4.69, 9.17) is 9.47 Å². The van der Waals surface area contributed by atoms with Crippen molar-refractivity contribution in [2.24, 2.45) is 0 Å². The first kappa shape index (κ1) is 21.1. The summed E-state index contributed by atoms with van der Waals surface area (Å²) in [4.78, 5) is 19.4. The summed E-state index contributed by atoms with van der Waals surface area (Å²) in [5.41, 5.74) is 0.899. The number of carbonyl (C=O) groups is 1. The van der Waals surface area contributed by atoms with Crippen LogP contribution >= 0.6 is 0 Å². The van der Waals surface area contributed by atoms with Crippen molar-refractivity contribution < 1.29 is 14.3 Å². The molecule has 6 nitrogen and oxygen atoms in total. The van der Waals surface area contributed by atoms with E-state index in [1.54, 1.807) is 6.20 Å². The maximum Gasteiger partial charge on any atom is 0.261 e. The number of ether oxygens (including phenoxy) is 2. The molecule has 1 N–H and O–H groups in total. The number of hydrogen-bond donors (Lipinski definition) is 1. The molecular formula is C23H31N3O3. The maximum atomic E-state index is 13.1. The van der Waals surface area contributed by atoms with Gasteiger partial charge in [0.2, 0.25) is 0 Å². The van der Waals surface area contributed by atoms with Gasteiger partial charge in [0.05, 0.1) is 18.8 Å². The van der Waals surface area contributed by atoms with Gasteiger partial charge in [0.25, 0.3) is 5.91 Å². The largest absolute Gasteiger partial charge is 0.494 e. The number of amides is 1. The molecule has 0 saturated carbocycles. The van der Waals surface area contributed by atoms with Crippen molar-refractivity contribution in [3.63, 3.8) is 0 Å². The number of nitrogens with one attached hydrogen (secondary N) is 1. The van der Waals surface area contributed by atoms with Gasteiger partial charge in [-0.05, 0) is 75.2 Å². The third-order valence-corrected chi connectivity index (χ3v) is 5.02. The highest BCUT2D eigenvalue weighted by Crippen LogP contribution is 2.20. The number of hydrogen-bond acceptors (Lipinski definition) is 5. The van der Waals surface area contributed by atoms with Crippen LogP contribution in [-0.2, 0) is 11.3 Å². The van der Waals surface area contributed by atoms with E-state index >= 15 is 0 Å². The number of aromatic nitrogens is 1. The van der Waals surface area contributed by atoms with E-state index in [0.717, 1.165) is 50.2 Å². The average molecular weight is 398 g/mol. The van der Waals surface area contributed by atoms with Crippen LogP contribution in [0, 0.1) is 0 Å². The standard InChI is InChI=1S/C23H31N3O3/c1-2-16-28-21-8-10-22(11-9-21)29-18-23(27)26(17-19-6-3-4-14-25-19)20-7-5-13-24-15-12-20/h3-4,6,8-11,14,20,24H,2,5,7,12-13,15-18H2,1H3. The molecule has 1 amide bonds. The van der Waals surface area contributed by atoms with Crippen LogP contribution in [0.1, 0.15) is 38.3 Å². The van der Waals surface area contributed by atoms with Crippen molar-refractivity contribution in [1.82, 2.24) is 15.2 Å². The molecule has 0 bridgehead atoms. The van der Waals surface area contributed by atoms with Gasteiger partial charge in [-0.3, -0.25) is 9.78 Å². The Balaban J connectivity index is 1.62. The molecule has 3 rings (SSSR count). The van der Waals surface area contributed by atoms with Crippen LogP contribution in [0.25, 0.3) is 0 Å². The summed E-state index contributed by atoms with van der Waals surface area (Å²) in [6.45, 7) is 5.23. The fraction of sp³-hybridized carbons (Fsp3) is 0.478. The zero-order valence-electron chi connectivity index (χ0n) is 17.2. The lowest BCUT2D eigenvalue weighted by Gasteiger charge is -2.31. The molecule has 1 atom stereocenters. The molecule has 6 heteroatoms. The van der Waals surface area contributed by atoms with Crippen molar-refractivity contribution in [2.75, 3.05) is 26.3 Å². The minimum atomic E-state index is -0.00568. The summed E-state index contributed by atoms with van der Waals surface area (Å²) in [7, 11) is 0. The van der Waals surface area contributed by atoms with Crippen molar-refractivity contribution in [1.29, 1.82) is 0 Å². The van der Waals surface area contributed by atoms with Gasteiger partial charge in [-0.25, -0.2) is 0 Å². The van der Waals surface area contributed by atoms with Crippen molar-refractivity contribution in [2.45, 2.75) is 45.2 Å². The molecule has 29 heavy (non-hydrogen) atoms. The zero-order valence-corrected chi connectivity index (χ0v) is 17.2. The van der Waals surface area contributed by atoms with E-state index in [1.165, 1.54) is 0 Å². The molecule has 0 radical (unpaired) electrons. The second-order valence-electron chi connectivity index (χ2n) is 7.29. The number of nitrogens with zero attached hydrogens (tertiary/aromatic N) is 2. The highest BCUT2D eigenvalue weighted by atomic mass is 16.5. The number of pyridine rings is 1. The van der Waals surface area contributed by atoms with E-state index in [1.807, 2.05) is 47.4 Å². The van der Waals surface area contributed by atoms with Crippen LogP contribution < -0.4 is 14.8 Å². The maximum absolute atomic E-state index is 13.1. The molecule has 0 aliphatic carbocycles. The van der Waals surface area contributed by atoms with Crippen LogP contribution in [0.15, 0.2) is 48.7 Å². The Hall–Kier alpha value is -2.60. The Kier molecular flexibility index (Phi) is 8.31. The molecule has 1 aliphatic rings. The summed E-state index contributed by atoms with van der Waals surface area (Å²) >= 11 is 0. The van der Waals surface area contributed by atoms with Crippen LogP contribution in [-0.4, -0.2) is 48.1 Å². The predicted octanol–water partition coefficient (Wildman–Crippen LogP) is 3.42. The Morgan fingerprint density at radius 3 is 2.62 bits per heavy atom. The first-order valence-electron chi connectivity index (χ1n) is 10.5. The van der Waals surface area contributed by atoms with Gasteiger partial charge in [-0.1, -0.05) is 13.0 Å². The molecular weight excluding hydrogens is 366 g/mol. The first-order valence-corrected chi connectivity index (χ1v) is 10.5. The summed E-state index contributed by atoms with van der Waals surface area (Å²) in [6.07, 6.45) is 5.74. The summed E-state index contributed by atoms with van der Waals surface area (Å²) in [5, 5.41) is 3.42. The SMILES string of the molecule is CCCOc1ccc(OCC(=O)N(Cc2ccccn2)C2CCCNCC2)cc1. The Morgan fingerprint density at radius 1 is 1.10 bits per heavy atom. The lowest BCUT2D eigenvalue weighted by molar-refractivity contribution is -0.136. The monoisotopic (exact) mass is 397 g/mol. The molecule has 1 aromatic heterocycles. The normalized spacial score (nSPS) is 16.7. The topological polar surface area (TPSA) is 63.7 Å². The fourth-order valence-corrected chi connectivity index (χ4v) is 3.48. The van der Waals surface area contributed by atoms with Crippen molar-refractivity contribution >= 4 is 5.91 Å². The van der Waals surface area contributed by atoms with E-state index in [9.17, 15) is 4.79 Å². The highest BCUT2D eigenvalue weighted by Gasteiger charge is 2.25. The predicted molar refractivity (Wildman–Crippen MR) is 113 cm³/mol. The van der Waals surface area contributed by atoms with E-state index < -0.39 is 0 Å².